The molecule has 2 heterocycles. The number of halogens is 2. The Kier molecular flexibility index (Phi) is 8.42. The molecule has 0 spiro atoms. The number of fused-ring (bicyclic) bond motifs is 1. The lowest BCUT2D eigenvalue weighted by atomic mass is 10.1. The number of nitrogens with zero attached hydrogens (tertiary/aromatic N) is 1. The number of rotatable bonds is 8. The molecule has 1 N–H and O–H groups in total. The van der Waals surface area contributed by atoms with Gasteiger partial charge in [-0.05, 0) is 87.4 Å². The standard InChI is InChI=1S/C27H20BrClN2O9S2/c1-14(32)30-17-3-5-18(6-4-17)42(35,36)40-25-19(28)7-15(8-23(25)37-2)9-24-26(33)31(27(34)41-24)12-16-10-21-22(11-20(16)29)39-13-38-21/h3-11H,12-13H2,1-2H3,(H,30,32)/b24-9-. The molecule has 3 aromatic carbocycles. The minimum atomic E-state index is -4.28. The van der Waals surface area contributed by atoms with Gasteiger partial charge in [0.15, 0.2) is 23.0 Å². The molecule has 2 aliphatic heterocycles. The minimum Gasteiger partial charge on any atom is -0.493 e. The lowest BCUT2D eigenvalue weighted by Crippen LogP contribution is -2.27. The summed E-state index contributed by atoms with van der Waals surface area (Å²) < 4.78 is 47.5. The van der Waals surface area contributed by atoms with Crippen LogP contribution in [0.1, 0.15) is 18.1 Å². The van der Waals surface area contributed by atoms with E-state index in [0.29, 0.717) is 33.3 Å². The van der Waals surface area contributed by atoms with Crippen molar-refractivity contribution in [1.82, 2.24) is 4.90 Å². The predicted octanol–water partition coefficient (Wildman–Crippen LogP) is 5.80. The van der Waals surface area contributed by atoms with Crippen LogP contribution in [0.5, 0.6) is 23.0 Å². The molecule has 1 fully saturated rings. The summed E-state index contributed by atoms with van der Waals surface area (Å²) in [4.78, 5) is 38.2. The highest BCUT2D eigenvalue weighted by Crippen LogP contribution is 2.42. The molecular formula is C27H20BrClN2O9S2. The highest BCUT2D eigenvalue weighted by Gasteiger charge is 2.36. The van der Waals surface area contributed by atoms with E-state index in [1.54, 1.807) is 12.1 Å². The van der Waals surface area contributed by atoms with Gasteiger partial charge < -0.3 is 23.7 Å². The molecule has 0 atom stereocenters. The van der Waals surface area contributed by atoms with Crippen molar-refractivity contribution in [2.75, 3.05) is 19.2 Å². The van der Waals surface area contributed by atoms with Gasteiger partial charge in [-0.15, -0.1) is 0 Å². The van der Waals surface area contributed by atoms with Gasteiger partial charge in [-0.1, -0.05) is 11.6 Å². The number of hydrogen-bond acceptors (Lipinski definition) is 10. The Morgan fingerprint density at radius 1 is 1.14 bits per heavy atom. The molecule has 0 aliphatic carbocycles. The summed E-state index contributed by atoms with van der Waals surface area (Å²) in [5.74, 6) is 0.0677. The third-order valence-electron chi connectivity index (χ3n) is 5.95. The second-order valence-electron chi connectivity index (χ2n) is 8.84. The van der Waals surface area contributed by atoms with Gasteiger partial charge in [-0.2, -0.15) is 8.42 Å². The fraction of sp³-hybridized carbons (Fsp3) is 0.148. The van der Waals surface area contributed by atoms with Crippen molar-refractivity contribution in [1.29, 1.82) is 0 Å². The number of methoxy groups -OCH3 is 1. The van der Waals surface area contributed by atoms with E-state index in [9.17, 15) is 22.8 Å². The normalized spacial score (nSPS) is 15.3. The number of carbonyl (C=O) groups excluding carboxylic acids is 3. The van der Waals surface area contributed by atoms with E-state index in [4.69, 9.17) is 30.0 Å². The topological polar surface area (TPSA) is 138 Å². The van der Waals surface area contributed by atoms with Crippen molar-refractivity contribution in [2.45, 2.75) is 18.4 Å². The summed E-state index contributed by atoms with van der Waals surface area (Å²) in [6.07, 6.45) is 1.48. The summed E-state index contributed by atoms with van der Waals surface area (Å²) in [5, 5.41) is 2.39. The van der Waals surface area contributed by atoms with Gasteiger partial charge in [-0.25, -0.2) is 0 Å². The Hall–Kier alpha value is -3.72. The van der Waals surface area contributed by atoms with Crippen molar-refractivity contribution < 1.29 is 41.2 Å². The summed E-state index contributed by atoms with van der Waals surface area (Å²) >= 11 is 10.4. The molecule has 5 rings (SSSR count). The van der Waals surface area contributed by atoms with Crippen LogP contribution in [-0.4, -0.2) is 44.3 Å². The number of ether oxygens (including phenoxy) is 3. The Bertz CT molecular complexity index is 1760. The van der Waals surface area contributed by atoms with E-state index in [1.807, 2.05) is 0 Å². The number of imide groups is 1. The van der Waals surface area contributed by atoms with Gasteiger partial charge in [-0.3, -0.25) is 19.3 Å². The van der Waals surface area contributed by atoms with Gasteiger partial charge in [0.2, 0.25) is 12.7 Å². The van der Waals surface area contributed by atoms with Crippen LogP contribution >= 0.6 is 39.3 Å². The number of hydrogen-bond donors (Lipinski definition) is 1. The van der Waals surface area contributed by atoms with Crippen molar-refractivity contribution in [3.8, 4) is 23.0 Å². The van der Waals surface area contributed by atoms with Crippen molar-refractivity contribution in [2.24, 2.45) is 0 Å². The van der Waals surface area contributed by atoms with Crippen LogP contribution < -0.4 is 23.7 Å². The first kappa shape index (κ1) is 29.8. The number of carbonyl (C=O) groups is 3. The number of amides is 3. The van der Waals surface area contributed by atoms with Gasteiger partial charge in [0.1, 0.15) is 4.90 Å². The Morgan fingerprint density at radius 2 is 1.83 bits per heavy atom. The van der Waals surface area contributed by atoms with Gasteiger partial charge in [0.05, 0.1) is 23.0 Å². The molecule has 42 heavy (non-hydrogen) atoms. The van der Waals surface area contributed by atoms with E-state index in [-0.39, 0.29) is 45.0 Å². The maximum absolute atomic E-state index is 13.2. The lowest BCUT2D eigenvalue weighted by Gasteiger charge is -2.14. The van der Waals surface area contributed by atoms with Crippen molar-refractivity contribution >= 4 is 78.2 Å². The summed E-state index contributed by atoms with van der Waals surface area (Å²) in [5.41, 5.74) is 1.38. The average Bonchev–Trinajstić information content (AvgIpc) is 3.49. The van der Waals surface area contributed by atoms with Crippen LogP contribution in [0.25, 0.3) is 6.08 Å². The number of nitrogens with one attached hydrogen (secondary N) is 1. The van der Waals surface area contributed by atoms with Crippen LogP contribution in [0.2, 0.25) is 5.02 Å². The lowest BCUT2D eigenvalue weighted by molar-refractivity contribution is -0.123. The highest BCUT2D eigenvalue weighted by atomic mass is 79.9. The largest absolute Gasteiger partial charge is 0.493 e. The number of thioether (sulfide) groups is 1. The van der Waals surface area contributed by atoms with Crippen LogP contribution in [0, 0.1) is 0 Å². The van der Waals surface area contributed by atoms with Gasteiger partial charge in [0, 0.05) is 23.7 Å². The number of benzene rings is 3. The monoisotopic (exact) mass is 694 g/mol. The average molecular weight is 696 g/mol. The van der Waals surface area contributed by atoms with Crippen LogP contribution in [0.3, 0.4) is 0 Å². The molecule has 0 saturated carbocycles. The van der Waals surface area contributed by atoms with Gasteiger partial charge in [0.25, 0.3) is 11.1 Å². The second kappa shape index (κ2) is 11.9. The summed E-state index contributed by atoms with van der Waals surface area (Å²) in [7, 11) is -2.96. The molecule has 218 valence electrons. The fourth-order valence-corrected chi connectivity index (χ4v) is 6.66. The quantitative estimate of drug-likeness (QED) is 0.227. The van der Waals surface area contributed by atoms with Gasteiger partial charge >= 0.3 is 10.1 Å². The third kappa shape index (κ3) is 6.21. The first-order chi connectivity index (χ1) is 19.9. The summed E-state index contributed by atoms with van der Waals surface area (Å²) in [6.45, 7) is 1.33. The predicted molar refractivity (Wildman–Crippen MR) is 158 cm³/mol. The molecule has 0 radical (unpaired) electrons. The van der Waals surface area contributed by atoms with Crippen molar-refractivity contribution in [3.63, 3.8) is 0 Å². The minimum absolute atomic E-state index is 0.0560. The van der Waals surface area contributed by atoms with E-state index in [1.165, 1.54) is 56.5 Å². The molecular weight excluding hydrogens is 676 g/mol. The Balaban J connectivity index is 1.36. The summed E-state index contributed by atoms with van der Waals surface area (Å²) in [6, 6.07) is 11.6. The molecule has 1 saturated heterocycles. The highest BCUT2D eigenvalue weighted by molar-refractivity contribution is 9.10. The number of anilines is 1. The Labute approximate surface area is 258 Å². The van der Waals surface area contributed by atoms with E-state index in [0.717, 1.165) is 16.7 Å². The van der Waals surface area contributed by atoms with E-state index in [2.05, 4.69) is 21.2 Å². The van der Waals surface area contributed by atoms with E-state index >= 15 is 0 Å². The molecule has 3 aromatic rings. The maximum Gasteiger partial charge on any atom is 0.339 e. The van der Waals surface area contributed by atoms with Crippen LogP contribution in [-0.2, 0) is 26.3 Å². The zero-order chi connectivity index (χ0) is 30.2. The van der Waals surface area contributed by atoms with Crippen LogP contribution in [0.4, 0.5) is 10.5 Å². The molecule has 2 aliphatic rings. The van der Waals surface area contributed by atoms with Crippen molar-refractivity contribution in [3.05, 3.63) is 74.1 Å². The molecule has 3 amide bonds. The first-order valence-electron chi connectivity index (χ1n) is 12.0. The molecule has 0 aromatic heterocycles. The zero-order valence-corrected chi connectivity index (χ0v) is 25.8. The van der Waals surface area contributed by atoms with Crippen LogP contribution in [0.15, 0.2) is 62.8 Å². The third-order valence-corrected chi connectivity index (χ3v) is 9.03. The molecule has 15 heteroatoms. The van der Waals surface area contributed by atoms with E-state index < -0.39 is 21.3 Å². The smallest absolute Gasteiger partial charge is 0.339 e. The second-order valence-corrected chi connectivity index (χ2v) is 12.6. The SMILES string of the molecule is COc1cc(/C=C2\SC(=O)N(Cc3cc4c(cc3Cl)OCO4)C2=O)cc(Br)c1OS(=O)(=O)c1ccc(NC(C)=O)cc1. The zero-order valence-electron chi connectivity index (χ0n) is 21.8. The molecule has 11 nitrogen and oxygen atoms in total. The Morgan fingerprint density at radius 3 is 2.50 bits per heavy atom. The molecule has 0 bridgehead atoms. The fourth-order valence-electron chi connectivity index (χ4n) is 4.01. The first-order valence-corrected chi connectivity index (χ1v) is 15.4. The molecule has 0 unspecified atom stereocenters. The maximum atomic E-state index is 13.2.